The van der Waals surface area contributed by atoms with Gasteiger partial charge in [0.1, 0.15) is 0 Å². The number of nitrogens with one attached hydrogen (secondary N) is 1. The standard InChI is InChI=1S/C8H9NOSi/c10-8-7(11)5-3-1-2-4-6(5)9-8/h1-4,9-10H,11H3. The minimum absolute atomic E-state index is 0.331. The third-order valence-corrected chi connectivity index (χ3v) is 2.95. The second-order valence-electron chi connectivity index (χ2n) is 2.64. The summed E-state index contributed by atoms with van der Waals surface area (Å²) in [5.74, 6) is 0.331. The van der Waals surface area contributed by atoms with Crippen molar-refractivity contribution in [1.29, 1.82) is 0 Å². The first kappa shape index (κ1) is 6.48. The van der Waals surface area contributed by atoms with Gasteiger partial charge >= 0.3 is 0 Å². The Morgan fingerprint density at radius 1 is 1.27 bits per heavy atom. The lowest BCUT2D eigenvalue weighted by atomic mass is 10.2. The Morgan fingerprint density at radius 2 is 2.00 bits per heavy atom. The van der Waals surface area contributed by atoms with Gasteiger partial charge in [-0.05, 0) is 11.3 Å². The topological polar surface area (TPSA) is 36.0 Å². The van der Waals surface area contributed by atoms with Crippen LogP contribution >= 0.6 is 0 Å². The third-order valence-electron chi connectivity index (χ3n) is 1.94. The summed E-state index contributed by atoms with van der Waals surface area (Å²) < 4.78 is 0. The van der Waals surface area contributed by atoms with E-state index >= 15 is 0 Å². The molecule has 1 heterocycles. The van der Waals surface area contributed by atoms with Crippen LogP contribution in [-0.4, -0.2) is 20.3 Å². The highest BCUT2D eigenvalue weighted by atomic mass is 28.1. The number of para-hydroxylation sites is 1. The average Bonchev–Trinajstić information content (AvgIpc) is 2.30. The highest BCUT2D eigenvalue weighted by Crippen LogP contribution is 2.14. The molecule has 0 atom stereocenters. The van der Waals surface area contributed by atoms with Crippen molar-refractivity contribution in [2.24, 2.45) is 0 Å². The SMILES string of the molecule is Oc1[nH]c2ccccc2c1[SiH3]. The van der Waals surface area contributed by atoms with Gasteiger partial charge in [0.05, 0.1) is 0 Å². The van der Waals surface area contributed by atoms with E-state index in [9.17, 15) is 5.11 Å². The lowest BCUT2D eigenvalue weighted by molar-refractivity contribution is 0.462. The molecule has 2 nitrogen and oxygen atoms in total. The van der Waals surface area contributed by atoms with E-state index in [1.54, 1.807) is 0 Å². The fraction of sp³-hybridized carbons (Fsp3) is 0. The molecule has 11 heavy (non-hydrogen) atoms. The van der Waals surface area contributed by atoms with Crippen LogP contribution < -0.4 is 5.19 Å². The molecule has 0 saturated carbocycles. The minimum Gasteiger partial charge on any atom is -0.495 e. The maximum Gasteiger partial charge on any atom is 0.187 e. The van der Waals surface area contributed by atoms with Gasteiger partial charge in [0.15, 0.2) is 5.88 Å². The number of aromatic amines is 1. The molecule has 2 rings (SSSR count). The van der Waals surface area contributed by atoms with Crippen molar-refractivity contribution < 1.29 is 5.11 Å². The van der Waals surface area contributed by atoms with Gasteiger partial charge < -0.3 is 10.1 Å². The summed E-state index contributed by atoms with van der Waals surface area (Å²) in [5, 5.41) is 11.5. The van der Waals surface area contributed by atoms with Crippen LogP contribution in [0.1, 0.15) is 0 Å². The molecule has 3 heteroatoms. The largest absolute Gasteiger partial charge is 0.495 e. The molecule has 2 aromatic rings. The van der Waals surface area contributed by atoms with Crippen LogP contribution in [0.3, 0.4) is 0 Å². The maximum atomic E-state index is 9.32. The van der Waals surface area contributed by atoms with Crippen molar-refractivity contribution in [3.05, 3.63) is 24.3 Å². The van der Waals surface area contributed by atoms with E-state index in [4.69, 9.17) is 0 Å². The van der Waals surface area contributed by atoms with Crippen LogP contribution in [0, 0.1) is 0 Å². The summed E-state index contributed by atoms with van der Waals surface area (Å²) in [5.41, 5.74) is 1.02. The number of H-pyrrole nitrogens is 1. The number of hydrogen-bond donors (Lipinski definition) is 2. The van der Waals surface area contributed by atoms with Gasteiger partial charge in [-0.2, -0.15) is 0 Å². The molecular formula is C8H9NOSi. The lowest BCUT2D eigenvalue weighted by Gasteiger charge is -1.87. The molecule has 56 valence electrons. The lowest BCUT2D eigenvalue weighted by Crippen LogP contribution is -1.98. The molecule has 0 unspecified atom stereocenters. The third kappa shape index (κ3) is 0.850. The number of hydrogen-bond acceptors (Lipinski definition) is 1. The van der Waals surface area contributed by atoms with Crippen LogP contribution in [0.2, 0.25) is 0 Å². The van der Waals surface area contributed by atoms with Crippen molar-refractivity contribution in [2.75, 3.05) is 0 Å². The van der Waals surface area contributed by atoms with Crippen molar-refractivity contribution in [2.45, 2.75) is 0 Å². The van der Waals surface area contributed by atoms with Crippen molar-refractivity contribution >= 4 is 26.3 Å². The fourth-order valence-electron chi connectivity index (χ4n) is 1.27. The Labute approximate surface area is 67.3 Å². The maximum absolute atomic E-state index is 9.32. The Morgan fingerprint density at radius 3 is 2.73 bits per heavy atom. The highest BCUT2D eigenvalue weighted by Gasteiger charge is 2.02. The molecule has 0 radical (unpaired) electrons. The molecule has 0 aliphatic heterocycles. The summed E-state index contributed by atoms with van der Waals surface area (Å²) in [4.78, 5) is 2.92. The first-order chi connectivity index (χ1) is 5.29. The van der Waals surface area contributed by atoms with Crippen LogP contribution in [0.25, 0.3) is 10.9 Å². The molecule has 0 aliphatic carbocycles. The van der Waals surface area contributed by atoms with Gasteiger partial charge in [0.2, 0.25) is 0 Å². The quantitative estimate of drug-likeness (QED) is 0.521. The predicted octanol–water partition coefficient (Wildman–Crippen LogP) is -0.136. The average molecular weight is 163 g/mol. The molecular weight excluding hydrogens is 154 g/mol. The number of benzene rings is 1. The van der Waals surface area contributed by atoms with E-state index in [-0.39, 0.29) is 0 Å². The van der Waals surface area contributed by atoms with E-state index in [0.717, 1.165) is 26.3 Å². The first-order valence-electron chi connectivity index (χ1n) is 3.55. The zero-order chi connectivity index (χ0) is 7.84. The molecule has 1 aromatic heterocycles. The zero-order valence-electron chi connectivity index (χ0n) is 6.26. The minimum atomic E-state index is 0.331. The van der Waals surface area contributed by atoms with Gasteiger partial charge in [0.25, 0.3) is 0 Å². The molecule has 0 amide bonds. The van der Waals surface area contributed by atoms with Crippen molar-refractivity contribution in [1.82, 2.24) is 4.98 Å². The summed E-state index contributed by atoms with van der Waals surface area (Å²) in [7, 11) is 0.880. The first-order valence-corrected chi connectivity index (χ1v) is 4.55. The molecule has 0 fully saturated rings. The van der Waals surface area contributed by atoms with Crippen LogP contribution in [0.5, 0.6) is 5.88 Å². The fourth-order valence-corrected chi connectivity index (χ4v) is 1.83. The molecule has 2 N–H and O–H groups in total. The number of fused-ring (bicyclic) bond motifs is 1. The summed E-state index contributed by atoms with van der Waals surface area (Å²) >= 11 is 0. The second-order valence-corrected chi connectivity index (χ2v) is 3.64. The predicted molar refractivity (Wildman–Crippen MR) is 49.5 cm³/mol. The van der Waals surface area contributed by atoms with E-state index in [2.05, 4.69) is 4.98 Å². The summed E-state index contributed by atoms with van der Waals surface area (Å²) in [6.45, 7) is 0. The van der Waals surface area contributed by atoms with Crippen LogP contribution in [0.4, 0.5) is 0 Å². The van der Waals surface area contributed by atoms with Gasteiger partial charge in [-0.25, -0.2) is 0 Å². The van der Waals surface area contributed by atoms with Crippen LogP contribution in [-0.2, 0) is 0 Å². The molecule has 0 saturated heterocycles. The number of rotatable bonds is 0. The smallest absolute Gasteiger partial charge is 0.187 e. The zero-order valence-corrected chi connectivity index (χ0v) is 8.26. The molecule has 0 aliphatic rings. The Kier molecular flexibility index (Phi) is 1.26. The van der Waals surface area contributed by atoms with Gasteiger partial charge in [-0.15, -0.1) is 0 Å². The Hall–Kier alpha value is -1.22. The van der Waals surface area contributed by atoms with E-state index in [0.29, 0.717) is 5.88 Å². The number of aromatic nitrogens is 1. The summed E-state index contributed by atoms with van der Waals surface area (Å²) in [6.07, 6.45) is 0. The Bertz CT molecular complexity index is 394. The second kappa shape index (κ2) is 2.13. The summed E-state index contributed by atoms with van der Waals surface area (Å²) in [6, 6.07) is 7.93. The normalized spacial score (nSPS) is 10.9. The van der Waals surface area contributed by atoms with Gasteiger partial charge in [0, 0.05) is 21.1 Å². The van der Waals surface area contributed by atoms with E-state index < -0.39 is 0 Å². The molecule has 0 spiro atoms. The molecule has 1 aromatic carbocycles. The van der Waals surface area contributed by atoms with E-state index in [1.165, 1.54) is 0 Å². The number of aromatic hydroxyl groups is 1. The highest BCUT2D eigenvalue weighted by molar-refractivity contribution is 6.40. The van der Waals surface area contributed by atoms with Crippen molar-refractivity contribution in [3.63, 3.8) is 0 Å². The van der Waals surface area contributed by atoms with Crippen molar-refractivity contribution in [3.8, 4) is 5.88 Å². The molecule has 0 bridgehead atoms. The van der Waals surface area contributed by atoms with E-state index in [1.807, 2.05) is 24.3 Å². The van der Waals surface area contributed by atoms with Crippen LogP contribution in [0.15, 0.2) is 24.3 Å². The monoisotopic (exact) mass is 163 g/mol. The van der Waals surface area contributed by atoms with Gasteiger partial charge in [-0.1, -0.05) is 18.2 Å². The Balaban J connectivity index is 2.92. The van der Waals surface area contributed by atoms with Gasteiger partial charge in [-0.3, -0.25) is 0 Å².